The molecule has 2 aromatic carbocycles. The Kier molecular flexibility index (Phi) is 4.87. The molecule has 0 aliphatic carbocycles. The monoisotopic (exact) mass is 298 g/mol. The zero-order valence-corrected chi connectivity index (χ0v) is 11.6. The van der Waals surface area contributed by atoms with Crippen molar-refractivity contribution in [3.63, 3.8) is 0 Å². The molecule has 0 atom stereocenters. The van der Waals surface area contributed by atoms with Crippen molar-refractivity contribution in [3.8, 4) is 0 Å². The molecular weight excluding hydrogens is 284 g/mol. The Morgan fingerprint density at radius 1 is 0.955 bits per heavy atom. The minimum atomic E-state index is -1.24. The molecule has 0 aliphatic rings. The number of hydrogen-bond acceptors (Lipinski definition) is 3. The second kappa shape index (κ2) is 7.03. The number of fused-ring (bicyclic) bond motifs is 1. The van der Waals surface area contributed by atoms with Crippen LogP contribution in [-0.4, -0.2) is 22.9 Å². The van der Waals surface area contributed by atoms with E-state index in [2.05, 4.69) is 10.9 Å². The van der Waals surface area contributed by atoms with Crippen LogP contribution in [0.2, 0.25) is 0 Å². The zero-order chi connectivity index (χ0) is 15.9. The molecule has 0 unspecified atom stereocenters. The van der Waals surface area contributed by atoms with Gasteiger partial charge in [-0.2, -0.15) is 0 Å². The normalized spacial score (nSPS) is 10.5. The van der Waals surface area contributed by atoms with E-state index in [-0.39, 0.29) is 6.42 Å². The van der Waals surface area contributed by atoms with E-state index in [4.69, 9.17) is 5.11 Å². The third-order valence-corrected chi connectivity index (χ3v) is 2.93. The number of amides is 2. The molecule has 6 nitrogen and oxygen atoms in total. The Hall–Kier alpha value is -3.15. The molecule has 3 N–H and O–H groups in total. The number of rotatable bonds is 4. The maximum Gasteiger partial charge on any atom is 0.328 e. The summed E-state index contributed by atoms with van der Waals surface area (Å²) >= 11 is 0. The lowest BCUT2D eigenvalue weighted by atomic mass is 10.0. The zero-order valence-electron chi connectivity index (χ0n) is 11.6. The molecule has 0 spiro atoms. The standard InChI is InChI=1S/C16H14N2O4/c19-14(8-9-16(21)22)17-18-15(20)10-12-6-3-5-11-4-1-2-7-13(11)12/h1-9H,10H2,(H,17,19)(H,18,20)(H,21,22)/b9-8-. The Labute approximate surface area is 126 Å². The van der Waals surface area contributed by atoms with Crippen molar-refractivity contribution in [3.05, 3.63) is 60.2 Å². The van der Waals surface area contributed by atoms with E-state index in [1.807, 2.05) is 42.5 Å². The van der Waals surface area contributed by atoms with Crippen LogP contribution in [0.15, 0.2) is 54.6 Å². The Balaban J connectivity index is 1.97. The molecule has 0 saturated carbocycles. The molecule has 0 aromatic heterocycles. The smallest absolute Gasteiger partial charge is 0.328 e. The number of nitrogens with one attached hydrogen (secondary N) is 2. The number of hydrogen-bond donors (Lipinski definition) is 3. The predicted octanol–water partition coefficient (Wildman–Crippen LogP) is 1.17. The number of carboxylic acid groups (broad SMARTS) is 1. The molecule has 2 aromatic rings. The van der Waals surface area contributed by atoms with Crippen LogP contribution in [0.4, 0.5) is 0 Å². The summed E-state index contributed by atoms with van der Waals surface area (Å²) in [5.41, 5.74) is 5.19. The van der Waals surface area contributed by atoms with Crippen LogP contribution < -0.4 is 10.9 Å². The maximum atomic E-state index is 11.8. The van der Waals surface area contributed by atoms with Gasteiger partial charge in [0.2, 0.25) is 5.91 Å². The molecule has 0 heterocycles. The lowest BCUT2D eigenvalue weighted by Gasteiger charge is -2.08. The average molecular weight is 298 g/mol. The van der Waals surface area contributed by atoms with Crippen LogP contribution in [0.1, 0.15) is 5.56 Å². The van der Waals surface area contributed by atoms with Crippen molar-refractivity contribution in [1.82, 2.24) is 10.9 Å². The summed E-state index contributed by atoms with van der Waals surface area (Å²) in [6.07, 6.45) is 1.61. The molecular formula is C16H14N2O4. The van der Waals surface area contributed by atoms with Gasteiger partial charge in [0.25, 0.3) is 5.91 Å². The van der Waals surface area contributed by atoms with E-state index in [9.17, 15) is 14.4 Å². The SMILES string of the molecule is O=C(O)/C=C\C(=O)NNC(=O)Cc1cccc2ccccc12. The number of benzene rings is 2. The molecule has 2 rings (SSSR count). The summed E-state index contributed by atoms with van der Waals surface area (Å²) < 4.78 is 0. The van der Waals surface area contributed by atoms with Gasteiger partial charge in [-0.1, -0.05) is 42.5 Å². The second-order valence-corrected chi connectivity index (χ2v) is 4.52. The molecule has 0 saturated heterocycles. The fourth-order valence-electron chi connectivity index (χ4n) is 1.98. The first-order valence-electron chi connectivity index (χ1n) is 6.53. The number of carboxylic acids is 1. The van der Waals surface area contributed by atoms with Crippen molar-refractivity contribution in [1.29, 1.82) is 0 Å². The fourth-order valence-corrected chi connectivity index (χ4v) is 1.98. The van der Waals surface area contributed by atoms with Gasteiger partial charge < -0.3 is 5.11 Å². The van der Waals surface area contributed by atoms with Crippen molar-refractivity contribution < 1.29 is 19.5 Å². The van der Waals surface area contributed by atoms with Crippen molar-refractivity contribution in [2.75, 3.05) is 0 Å². The molecule has 0 aliphatic heterocycles. The summed E-state index contributed by atoms with van der Waals surface area (Å²) in [7, 11) is 0. The highest BCUT2D eigenvalue weighted by atomic mass is 16.4. The van der Waals surface area contributed by atoms with Gasteiger partial charge in [0.15, 0.2) is 0 Å². The molecule has 0 fully saturated rings. The highest BCUT2D eigenvalue weighted by Crippen LogP contribution is 2.18. The number of hydrazine groups is 1. The third-order valence-electron chi connectivity index (χ3n) is 2.93. The van der Waals surface area contributed by atoms with Crippen LogP contribution in [0.25, 0.3) is 10.8 Å². The summed E-state index contributed by atoms with van der Waals surface area (Å²) in [6, 6.07) is 13.3. The molecule has 0 bridgehead atoms. The molecule has 112 valence electrons. The fraction of sp³-hybridized carbons (Fsp3) is 0.0625. The van der Waals surface area contributed by atoms with Crippen LogP contribution in [0.5, 0.6) is 0 Å². The van der Waals surface area contributed by atoms with Crippen molar-refractivity contribution in [2.45, 2.75) is 6.42 Å². The topological polar surface area (TPSA) is 95.5 Å². The summed E-state index contributed by atoms with van der Waals surface area (Å²) in [5.74, 6) is -2.35. The van der Waals surface area contributed by atoms with E-state index in [0.29, 0.717) is 6.08 Å². The van der Waals surface area contributed by atoms with E-state index in [1.165, 1.54) is 0 Å². The molecule has 0 radical (unpaired) electrons. The predicted molar refractivity (Wildman–Crippen MR) is 80.7 cm³/mol. The van der Waals surface area contributed by atoms with Gasteiger partial charge >= 0.3 is 5.97 Å². The van der Waals surface area contributed by atoms with Gasteiger partial charge in [-0.05, 0) is 16.3 Å². The average Bonchev–Trinajstić information content (AvgIpc) is 2.51. The van der Waals surface area contributed by atoms with Gasteiger partial charge in [-0.15, -0.1) is 0 Å². The molecule has 2 amide bonds. The Bertz CT molecular complexity index is 747. The summed E-state index contributed by atoms with van der Waals surface area (Å²) in [4.78, 5) is 33.3. The van der Waals surface area contributed by atoms with Crippen LogP contribution in [0.3, 0.4) is 0 Å². The first-order chi connectivity index (χ1) is 10.6. The lowest BCUT2D eigenvalue weighted by molar-refractivity contribution is -0.131. The first kappa shape index (κ1) is 15.2. The third kappa shape index (κ3) is 4.17. The summed E-state index contributed by atoms with van der Waals surface area (Å²) in [5, 5.41) is 10.4. The first-order valence-corrected chi connectivity index (χ1v) is 6.53. The van der Waals surface area contributed by atoms with Gasteiger partial charge in [0, 0.05) is 12.2 Å². The van der Waals surface area contributed by atoms with E-state index in [1.54, 1.807) is 0 Å². The Morgan fingerprint density at radius 2 is 1.68 bits per heavy atom. The lowest BCUT2D eigenvalue weighted by Crippen LogP contribution is -2.41. The van der Waals surface area contributed by atoms with Crippen LogP contribution in [0, 0.1) is 0 Å². The van der Waals surface area contributed by atoms with Crippen molar-refractivity contribution in [2.24, 2.45) is 0 Å². The largest absolute Gasteiger partial charge is 0.478 e. The number of carbonyl (C=O) groups excluding carboxylic acids is 2. The second-order valence-electron chi connectivity index (χ2n) is 4.52. The minimum absolute atomic E-state index is 0.101. The highest BCUT2D eigenvalue weighted by molar-refractivity contribution is 5.95. The van der Waals surface area contributed by atoms with Gasteiger partial charge in [0.05, 0.1) is 6.42 Å². The summed E-state index contributed by atoms with van der Waals surface area (Å²) in [6.45, 7) is 0. The van der Waals surface area contributed by atoms with Gasteiger partial charge in [0.1, 0.15) is 0 Å². The molecule has 6 heteroatoms. The number of carbonyl (C=O) groups is 3. The number of aliphatic carboxylic acids is 1. The quantitative estimate of drug-likeness (QED) is 0.583. The van der Waals surface area contributed by atoms with E-state index in [0.717, 1.165) is 22.4 Å². The van der Waals surface area contributed by atoms with Gasteiger partial charge in [-0.25, -0.2) is 4.79 Å². The van der Waals surface area contributed by atoms with E-state index >= 15 is 0 Å². The maximum absolute atomic E-state index is 11.8. The van der Waals surface area contributed by atoms with Crippen LogP contribution in [-0.2, 0) is 20.8 Å². The van der Waals surface area contributed by atoms with Crippen molar-refractivity contribution >= 4 is 28.6 Å². The minimum Gasteiger partial charge on any atom is -0.478 e. The van der Waals surface area contributed by atoms with E-state index < -0.39 is 17.8 Å². The Morgan fingerprint density at radius 3 is 2.45 bits per heavy atom. The van der Waals surface area contributed by atoms with Crippen LogP contribution >= 0.6 is 0 Å². The highest BCUT2D eigenvalue weighted by Gasteiger charge is 2.07. The molecule has 22 heavy (non-hydrogen) atoms. The van der Waals surface area contributed by atoms with Gasteiger partial charge in [-0.3, -0.25) is 20.4 Å².